The van der Waals surface area contributed by atoms with Crippen molar-refractivity contribution >= 4 is 16.9 Å². The number of hydrogen-bond donors (Lipinski definition) is 1. The van der Waals surface area contributed by atoms with Gasteiger partial charge in [0.25, 0.3) is 5.91 Å². The number of nitrogens with zero attached hydrogens (tertiary/aromatic N) is 4. The van der Waals surface area contributed by atoms with Gasteiger partial charge < -0.3 is 9.47 Å². The molecule has 1 aromatic carbocycles. The van der Waals surface area contributed by atoms with Gasteiger partial charge in [-0.3, -0.25) is 9.89 Å². The van der Waals surface area contributed by atoms with E-state index in [4.69, 9.17) is 0 Å². The van der Waals surface area contributed by atoms with Crippen molar-refractivity contribution in [3.8, 4) is 0 Å². The molecule has 1 aliphatic rings. The number of carbonyl (C=O) groups is 1. The lowest BCUT2D eigenvalue weighted by molar-refractivity contribution is 0.0662. The van der Waals surface area contributed by atoms with Gasteiger partial charge in [0.05, 0.1) is 29.6 Å². The first kappa shape index (κ1) is 16.8. The van der Waals surface area contributed by atoms with E-state index in [1.807, 2.05) is 41.6 Å². The topological polar surface area (TPSA) is 66.8 Å². The van der Waals surface area contributed by atoms with Crippen molar-refractivity contribution < 1.29 is 4.79 Å². The molecular weight excluding hydrogens is 326 g/mol. The zero-order chi connectivity index (χ0) is 18.1. The van der Waals surface area contributed by atoms with Gasteiger partial charge in [-0.05, 0) is 42.9 Å². The highest BCUT2D eigenvalue weighted by atomic mass is 16.2. The maximum atomic E-state index is 12.7. The summed E-state index contributed by atoms with van der Waals surface area (Å²) in [5, 5.41) is 7.27. The smallest absolute Gasteiger partial charge is 0.274 e. The number of nitrogens with one attached hydrogen (secondary N) is 1. The average Bonchev–Trinajstić information content (AvgIpc) is 3.29. The van der Waals surface area contributed by atoms with Gasteiger partial charge in [-0.2, -0.15) is 5.10 Å². The monoisotopic (exact) mass is 351 g/mol. The summed E-state index contributed by atoms with van der Waals surface area (Å²) in [6, 6.07) is 9.89. The van der Waals surface area contributed by atoms with Crippen LogP contribution in [-0.2, 0) is 6.54 Å². The number of piperidine rings is 1. The summed E-state index contributed by atoms with van der Waals surface area (Å²) >= 11 is 0. The van der Waals surface area contributed by atoms with Crippen molar-refractivity contribution in [3.63, 3.8) is 0 Å². The summed E-state index contributed by atoms with van der Waals surface area (Å²) in [7, 11) is 0. The number of carbonyl (C=O) groups excluding carboxylic acids is 1. The van der Waals surface area contributed by atoms with Crippen molar-refractivity contribution in [2.24, 2.45) is 11.8 Å². The first-order chi connectivity index (χ1) is 12.6. The molecule has 0 radical (unpaired) electrons. The molecule has 4 rings (SSSR count). The number of benzene rings is 1. The second-order valence-electron chi connectivity index (χ2n) is 7.51. The summed E-state index contributed by atoms with van der Waals surface area (Å²) in [4.78, 5) is 19.1. The van der Waals surface area contributed by atoms with Crippen LogP contribution in [0.4, 0.5) is 0 Å². The van der Waals surface area contributed by atoms with Crippen LogP contribution < -0.4 is 0 Å². The van der Waals surface area contributed by atoms with Gasteiger partial charge in [-0.15, -0.1) is 0 Å². The molecule has 0 atom stereocenters. The first-order valence-electron chi connectivity index (χ1n) is 9.35. The van der Waals surface area contributed by atoms with Crippen molar-refractivity contribution in [2.45, 2.75) is 33.2 Å². The van der Waals surface area contributed by atoms with Crippen LogP contribution in [0.2, 0.25) is 0 Å². The molecule has 3 aromatic rings. The van der Waals surface area contributed by atoms with Crippen LogP contribution in [0.15, 0.2) is 36.7 Å². The lowest BCUT2D eigenvalue weighted by atomic mass is 9.86. The van der Waals surface area contributed by atoms with E-state index in [1.54, 1.807) is 0 Å². The van der Waals surface area contributed by atoms with Gasteiger partial charge in [0.15, 0.2) is 0 Å². The number of para-hydroxylation sites is 2. The fourth-order valence-corrected chi connectivity index (χ4v) is 3.80. The Kier molecular flexibility index (Phi) is 4.49. The molecule has 1 aliphatic heterocycles. The summed E-state index contributed by atoms with van der Waals surface area (Å²) in [6.07, 6.45) is 3.99. The van der Waals surface area contributed by atoms with E-state index in [1.165, 1.54) is 0 Å². The normalized spacial score (nSPS) is 15.9. The summed E-state index contributed by atoms with van der Waals surface area (Å²) < 4.78 is 2.06. The molecule has 0 bridgehead atoms. The van der Waals surface area contributed by atoms with Crippen molar-refractivity contribution in [1.82, 2.24) is 24.6 Å². The van der Waals surface area contributed by atoms with Gasteiger partial charge in [0, 0.05) is 13.1 Å². The number of hydrogen-bond acceptors (Lipinski definition) is 3. The van der Waals surface area contributed by atoms with Gasteiger partial charge >= 0.3 is 0 Å². The Morgan fingerprint density at radius 3 is 2.81 bits per heavy atom. The lowest BCUT2D eigenvalue weighted by Gasteiger charge is -2.33. The Hall–Kier alpha value is -2.63. The van der Waals surface area contributed by atoms with E-state index in [2.05, 4.69) is 33.6 Å². The summed E-state index contributed by atoms with van der Waals surface area (Å²) in [5.41, 5.74) is 3.46. The van der Waals surface area contributed by atoms with Crippen molar-refractivity contribution in [2.75, 3.05) is 13.1 Å². The van der Waals surface area contributed by atoms with Crippen LogP contribution in [0.5, 0.6) is 0 Å². The number of amides is 1. The Labute approximate surface area is 153 Å². The summed E-state index contributed by atoms with van der Waals surface area (Å²) in [5.74, 6) is 1.45. The van der Waals surface area contributed by atoms with Crippen LogP contribution in [0.1, 0.15) is 42.9 Å². The Morgan fingerprint density at radius 1 is 1.27 bits per heavy atom. The minimum absolute atomic E-state index is 0.0326. The SMILES string of the molecule is CC(C)C1CCN(C(=O)c2cc(Cn3cnc4ccccc43)[nH]n2)CC1. The molecular formula is C20H25N5O. The predicted octanol–water partition coefficient (Wildman–Crippen LogP) is 3.32. The van der Waals surface area contributed by atoms with E-state index in [9.17, 15) is 4.79 Å². The number of imidazole rings is 1. The van der Waals surface area contributed by atoms with Gasteiger partial charge in [-0.25, -0.2) is 4.98 Å². The van der Waals surface area contributed by atoms with Crippen LogP contribution in [0.25, 0.3) is 11.0 Å². The van der Waals surface area contributed by atoms with E-state index in [0.29, 0.717) is 18.2 Å². The maximum Gasteiger partial charge on any atom is 0.274 e. The number of likely N-dealkylation sites (tertiary alicyclic amines) is 1. The molecule has 0 unspecified atom stereocenters. The molecule has 6 heteroatoms. The van der Waals surface area contributed by atoms with Gasteiger partial charge in [-0.1, -0.05) is 26.0 Å². The molecule has 1 fully saturated rings. The van der Waals surface area contributed by atoms with Gasteiger partial charge in [0.1, 0.15) is 5.69 Å². The quantitative estimate of drug-likeness (QED) is 0.784. The number of aromatic nitrogens is 4. The molecule has 1 N–H and O–H groups in total. The number of aromatic amines is 1. The Bertz CT molecular complexity index is 902. The third-order valence-corrected chi connectivity index (χ3v) is 5.49. The highest BCUT2D eigenvalue weighted by Crippen LogP contribution is 2.25. The lowest BCUT2D eigenvalue weighted by Crippen LogP contribution is -2.39. The average molecular weight is 351 g/mol. The van der Waals surface area contributed by atoms with Crippen LogP contribution >= 0.6 is 0 Å². The fraction of sp³-hybridized carbons (Fsp3) is 0.450. The standard InChI is InChI=1S/C20H25N5O/c1-14(2)15-7-9-24(10-8-15)20(26)18-11-16(22-23-18)12-25-13-21-17-5-3-4-6-19(17)25/h3-6,11,13-15H,7-10,12H2,1-2H3,(H,22,23). The number of H-pyrrole nitrogens is 1. The minimum Gasteiger partial charge on any atom is -0.337 e. The molecule has 26 heavy (non-hydrogen) atoms. The van der Waals surface area contributed by atoms with Crippen LogP contribution in [0.3, 0.4) is 0 Å². The third kappa shape index (κ3) is 3.23. The molecule has 0 saturated carbocycles. The minimum atomic E-state index is 0.0326. The van der Waals surface area contributed by atoms with Gasteiger partial charge in [0.2, 0.25) is 0 Å². The van der Waals surface area contributed by atoms with E-state index >= 15 is 0 Å². The molecule has 6 nitrogen and oxygen atoms in total. The molecule has 3 heterocycles. The molecule has 0 aliphatic carbocycles. The predicted molar refractivity (Wildman–Crippen MR) is 101 cm³/mol. The Morgan fingerprint density at radius 2 is 2.04 bits per heavy atom. The van der Waals surface area contributed by atoms with Crippen LogP contribution in [-0.4, -0.2) is 43.6 Å². The first-order valence-corrected chi connectivity index (χ1v) is 9.35. The second kappa shape index (κ2) is 6.94. The zero-order valence-corrected chi connectivity index (χ0v) is 15.4. The maximum absolute atomic E-state index is 12.7. The van der Waals surface area contributed by atoms with E-state index < -0.39 is 0 Å². The van der Waals surface area contributed by atoms with E-state index in [0.717, 1.165) is 48.6 Å². The molecule has 1 saturated heterocycles. The third-order valence-electron chi connectivity index (χ3n) is 5.49. The Balaban J connectivity index is 1.44. The molecule has 136 valence electrons. The molecule has 1 amide bonds. The van der Waals surface area contributed by atoms with Crippen molar-refractivity contribution in [1.29, 1.82) is 0 Å². The molecule has 2 aromatic heterocycles. The zero-order valence-electron chi connectivity index (χ0n) is 15.4. The number of rotatable bonds is 4. The van der Waals surface area contributed by atoms with Crippen LogP contribution in [0, 0.1) is 11.8 Å². The number of fused-ring (bicyclic) bond motifs is 1. The largest absolute Gasteiger partial charge is 0.337 e. The second-order valence-corrected chi connectivity index (χ2v) is 7.51. The molecule has 0 spiro atoms. The highest BCUT2D eigenvalue weighted by molar-refractivity contribution is 5.92. The van der Waals surface area contributed by atoms with E-state index in [-0.39, 0.29) is 5.91 Å². The summed E-state index contributed by atoms with van der Waals surface area (Å²) in [6.45, 7) is 6.81. The fourth-order valence-electron chi connectivity index (χ4n) is 3.80. The highest BCUT2D eigenvalue weighted by Gasteiger charge is 2.26. The van der Waals surface area contributed by atoms with Crippen molar-refractivity contribution in [3.05, 3.63) is 48.0 Å².